The van der Waals surface area contributed by atoms with E-state index in [2.05, 4.69) is 20.3 Å². The molecule has 0 aliphatic rings. The molecule has 8 heteroatoms. The molecule has 0 aliphatic heterocycles. The van der Waals surface area contributed by atoms with Crippen LogP contribution in [0.5, 0.6) is 5.75 Å². The minimum absolute atomic E-state index is 0.0197. The van der Waals surface area contributed by atoms with Crippen LogP contribution in [0.2, 0.25) is 0 Å². The zero-order valence-corrected chi connectivity index (χ0v) is 10.1. The summed E-state index contributed by atoms with van der Waals surface area (Å²) in [6.45, 7) is 0.346. The number of benzene rings is 1. The molecule has 0 atom stereocenters. The van der Waals surface area contributed by atoms with Crippen LogP contribution in [0.4, 0.5) is 5.82 Å². The molecular formula is C11H10N6O2. The van der Waals surface area contributed by atoms with E-state index in [4.69, 9.17) is 10.3 Å². The Bertz CT molecular complexity index is 627. The smallest absolute Gasteiger partial charge is 0.172 e. The van der Waals surface area contributed by atoms with Crippen LogP contribution in [0.3, 0.4) is 0 Å². The highest BCUT2D eigenvalue weighted by Gasteiger charge is 2.10. The van der Waals surface area contributed by atoms with Gasteiger partial charge >= 0.3 is 0 Å². The molecule has 1 aromatic carbocycles. The molecule has 0 spiro atoms. The Labute approximate surface area is 108 Å². The highest BCUT2D eigenvalue weighted by Crippen LogP contribution is 2.18. The Hall–Kier alpha value is -2.86. The Morgan fingerprint density at radius 1 is 1.47 bits per heavy atom. The molecule has 0 unspecified atom stereocenters. The number of rotatable bonds is 5. The normalized spacial score (nSPS) is 9.74. The summed E-state index contributed by atoms with van der Waals surface area (Å²) in [4.78, 5) is 13.4. The van der Waals surface area contributed by atoms with Gasteiger partial charge in [-0.3, -0.25) is 4.79 Å². The summed E-state index contributed by atoms with van der Waals surface area (Å²) in [7, 11) is 1.59. The first-order valence-corrected chi connectivity index (χ1v) is 5.35. The molecule has 0 radical (unpaired) electrons. The predicted octanol–water partition coefficient (Wildman–Crippen LogP) is 2.09. The summed E-state index contributed by atoms with van der Waals surface area (Å²) < 4.78 is 6.42. The maximum atomic E-state index is 10.7. The van der Waals surface area contributed by atoms with E-state index in [1.165, 1.54) is 4.68 Å². The van der Waals surface area contributed by atoms with E-state index in [9.17, 15) is 4.79 Å². The third-order valence-corrected chi connectivity index (χ3v) is 2.48. The highest BCUT2D eigenvalue weighted by atomic mass is 16.5. The highest BCUT2D eigenvalue weighted by molar-refractivity contribution is 5.78. The Morgan fingerprint density at radius 2 is 2.21 bits per heavy atom. The lowest BCUT2D eigenvalue weighted by atomic mass is 10.2. The van der Waals surface area contributed by atoms with Crippen molar-refractivity contribution in [3.8, 4) is 5.75 Å². The summed E-state index contributed by atoms with van der Waals surface area (Å²) in [5.41, 5.74) is 9.41. The number of nitrogens with zero attached hydrogens (tertiary/aromatic N) is 6. The van der Waals surface area contributed by atoms with Crippen molar-refractivity contribution in [3.63, 3.8) is 0 Å². The zero-order chi connectivity index (χ0) is 13.7. The number of methoxy groups -OCH3 is 1. The van der Waals surface area contributed by atoms with Gasteiger partial charge in [0.15, 0.2) is 17.8 Å². The van der Waals surface area contributed by atoms with E-state index >= 15 is 0 Å². The van der Waals surface area contributed by atoms with Gasteiger partial charge in [-0.25, -0.2) is 4.68 Å². The lowest BCUT2D eigenvalue weighted by molar-refractivity contribution is 0.111. The number of carbonyl (C=O) groups excluding carboxylic acids is 1. The Kier molecular flexibility index (Phi) is 3.75. The van der Waals surface area contributed by atoms with Gasteiger partial charge in [-0.2, -0.15) is 0 Å². The van der Waals surface area contributed by atoms with E-state index in [0.717, 1.165) is 11.3 Å². The number of aldehydes is 1. The fourth-order valence-corrected chi connectivity index (χ4v) is 1.55. The van der Waals surface area contributed by atoms with E-state index in [1.807, 2.05) is 12.1 Å². The van der Waals surface area contributed by atoms with Gasteiger partial charge in [0.05, 0.1) is 13.7 Å². The predicted molar refractivity (Wildman–Crippen MR) is 66.3 cm³/mol. The fourth-order valence-electron chi connectivity index (χ4n) is 1.55. The third kappa shape index (κ3) is 2.70. The number of hydrogen-bond acceptors (Lipinski definition) is 5. The van der Waals surface area contributed by atoms with Gasteiger partial charge in [0.1, 0.15) is 5.75 Å². The first-order valence-electron chi connectivity index (χ1n) is 5.35. The summed E-state index contributed by atoms with van der Waals surface area (Å²) in [6, 6.07) is 7.31. The summed E-state index contributed by atoms with van der Waals surface area (Å²) >= 11 is 0. The van der Waals surface area contributed by atoms with Gasteiger partial charge in [0, 0.05) is 4.91 Å². The number of carbonyl (C=O) groups is 1. The number of hydrogen-bond donors (Lipinski definition) is 0. The van der Waals surface area contributed by atoms with Gasteiger partial charge in [0.2, 0.25) is 0 Å². The molecule has 19 heavy (non-hydrogen) atoms. The average molecular weight is 258 g/mol. The van der Waals surface area contributed by atoms with Crippen molar-refractivity contribution in [1.82, 2.24) is 15.0 Å². The van der Waals surface area contributed by atoms with Crippen LogP contribution in [0.25, 0.3) is 10.4 Å². The molecule has 96 valence electrons. The molecule has 0 saturated heterocycles. The Morgan fingerprint density at radius 3 is 2.79 bits per heavy atom. The summed E-state index contributed by atoms with van der Waals surface area (Å²) in [5, 5.41) is 10.9. The van der Waals surface area contributed by atoms with E-state index < -0.39 is 0 Å². The van der Waals surface area contributed by atoms with Gasteiger partial charge in [-0.15, -0.1) is 5.10 Å². The van der Waals surface area contributed by atoms with Crippen molar-refractivity contribution in [2.75, 3.05) is 7.11 Å². The standard InChI is InChI=1S/C11H10N6O2/c1-19-9-4-2-8(3-5-9)6-17-11(14-15-12)10(7-18)13-16-17/h2-5,7H,6H2,1H3. The zero-order valence-electron chi connectivity index (χ0n) is 10.1. The quantitative estimate of drug-likeness (QED) is 0.354. The fraction of sp³-hybridized carbons (Fsp3) is 0.182. The van der Waals surface area contributed by atoms with Gasteiger partial charge < -0.3 is 4.74 Å². The molecule has 8 nitrogen and oxygen atoms in total. The van der Waals surface area contributed by atoms with Crippen LogP contribution in [-0.4, -0.2) is 28.4 Å². The lowest BCUT2D eigenvalue weighted by Crippen LogP contribution is -2.01. The summed E-state index contributed by atoms with van der Waals surface area (Å²) in [6.07, 6.45) is 0.502. The van der Waals surface area contributed by atoms with Crippen LogP contribution in [0, 0.1) is 0 Å². The van der Waals surface area contributed by atoms with Crippen LogP contribution in [0.1, 0.15) is 16.1 Å². The van der Waals surface area contributed by atoms with Crippen molar-refractivity contribution >= 4 is 12.1 Å². The third-order valence-electron chi connectivity index (χ3n) is 2.48. The van der Waals surface area contributed by atoms with E-state index in [-0.39, 0.29) is 11.5 Å². The van der Waals surface area contributed by atoms with Crippen LogP contribution >= 0.6 is 0 Å². The number of ether oxygens (including phenoxy) is 1. The molecule has 0 fully saturated rings. The first-order chi connectivity index (χ1) is 9.28. The number of azide groups is 1. The number of aromatic nitrogens is 3. The molecular weight excluding hydrogens is 248 g/mol. The van der Waals surface area contributed by atoms with E-state index in [1.54, 1.807) is 19.2 Å². The van der Waals surface area contributed by atoms with Crippen LogP contribution < -0.4 is 4.74 Å². The molecule has 0 aliphatic carbocycles. The molecule has 1 aromatic heterocycles. The maximum Gasteiger partial charge on any atom is 0.172 e. The molecule has 0 N–H and O–H groups in total. The van der Waals surface area contributed by atoms with Crippen molar-refractivity contribution in [3.05, 3.63) is 46.0 Å². The Balaban J connectivity index is 2.29. The van der Waals surface area contributed by atoms with Crippen molar-refractivity contribution < 1.29 is 9.53 Å². The molecule has 0 bridgehead atoms. The van der Waals surface area contributed by atoms with Crippen molar-refractivity contribution in [2.45, 2.75) is 6.54 Å². The molecule has 1 heterocycles. The topological polar surface area (TPSA) is 106 Å². The second kappa shape index (κ2) is 5.65. The largest absolute Gasteiger partial charge is 0.497 e. The molecule has 2 aromatic rings. The molecule has 0 saturated carbocycles. The van der Waals surface area contributed by atoms with Crippen molar-refractivity contribution in [2.24, 2.45) is 5.11 Å². The van der Waals surface area contributed by atoms with Crippen LogP contribution in [-0.2, 0) is 6.54 Å². The molecule has 0 amide bonds. The monoisotopic (exact) mass is 258 g/mol. The van der Waals surface area contributed by atoms with Gasteiger partial charge in [-0.1, -0.05) is 17.3 Å². The lowest BCUT2D eigenvalue weighted by Gasteiger charge is -2.04. The van der Waals surface area contributed by atoms with E-state index in [0.29, 0.717) is 12.8 Å². The van der Waals surface area contributed by atoms with Crippen LogP contribution in [0.15, 0.2) is 29.4 Å². The average Bonchev–Trinajstić information content (AvgIpc) is 2.82. The maximum absolute atomic E-state index is 10.7. The second-order valence-electron chi connectivity index (χ2n) is 3.61. The van der Waals surface area contributed by atoms with Gasteiger partial charge in [0.25, 0.3) is 0 Å². The van der Waals surface area contributed by atoms with Crippen molar-refractivity contribution in [1.29, 1.82) is 0 Å². The second-order valence-corrected chi connectivity index (χ2v) is 3.61. The first kappa shape index (κ1) is 12.6. The van der Waals surface area contributed by atoms with Gasteiger partial charge in [-0.05, 0) is 28.3 Å². The minimum atomic E-state index is 0.0197. The minimum Gasteiger partial charge on any atom is -0.497 e. The summed E-state index contributed by atoms with van der Waals surface area (Å²) in [5.74, 6) is 0.847. The SMILES string of the molecule is COc1ccc(Cn2nnc(C=O)c2N=[N+]=[N-])cc1. The molecule has 2 rings (SSSR count).